The van der Waals surface area contributed by atoms with Gasteiger partial charge in [-0.1, -0.05) is 58.9 Å². The van der Waals surface area contributed by atoms with Gasteiger partial charge in [-0.05, 0) is 54.0 Å². The zero-order valence-corrected chi connectivity index (χ0v) is 23.6. The largest absolute Gasteiger partial charge is 0.497 e. The Hall–Kier alpha value is -1.20. The molecule has 8 heteroatoms. The number of hydrogen-bond donors (Lipinski definition) is 0. The molecule has 0 heterocycles. The Morgan fingerprint density at radius 2 is 1.29 bits per heavy atom. The summed E-state index contributed by atoms with van der Waals surface area (Å²) < 4.78 is 23.7. The number of esters is 1. The molecule has 0 spiro atoms. The van der Waals surface area contributed by atoms with Crippen LogP contribution in [-0.4, -0.2) is 42.1 Å². The van der Waals surface area contributed by atoms with Crippen LogP contribution in [0.3, 0.4) is 0 Å². The summed E-state index contributed by atoms with van der Waals surface area (Å²) >= 11 is 0. The second-order valence-corrected chi connectivity index (χ2v) is 20.5. The van der Waals surface area contributed by atoms with Gasteiger partial charge in [-0.3, -0.25) is 4.79 Å². The number of methoxy groups -OCH3 is 2. The highest BCUT2D eigenvalue weighted by molar-refractivity contribution is 6.74. The smallest absolute Gasteiger partial charge is 0.307 e. The van der Waals surface area contributed by atoms with E-state index in [-0.39, 0.29) is 22.5 Å². The molecule has 178 valence electrons. The van der Waals surface area contributed by atoms with Crippen LogP contribution >= 0.6 is 0 Å². The Labute approximate surface area is 191 Å². The van der Waals surface area contributed by atoms with Crippen molar-refractivity contribution in [2.75, 3.05) is 14.2 Å². The molecule has 0 saturated carbocycles. The summed E-state index contributed by atoms with van der Waals surface area (Å²) in [5.41, 5.74) is 0.906. The Bertz CT molecular complexity index is 693. The highest BCUT2D eigenvalue weighted by Crippen LogP contribution is 2.43. The minimum atomic E-state index is -2.26. The summed E-state index contributed by atoms with van der Waals surface area (Å²) in [6.45, 7) is 21.8. The van der Waals surface area contributed by atoms with Gasteiger partial charge in [0.05, 0.1) is 26.7 Å². The summed E-state index contributed by atoms with van der Waals surface area (Å²) in [4.78, 5) is 12.4. The molecule has 0 saturated heterocycles. The van der Waals surface area contributed by atoms with E-state index in [0.29, 0.717) is 0 Å². The maximum atomic E-state index is 12.4. The topological polar surface area (TPSA) is 57.2 Å². The summed E-state index contributed by atoms with van der Waals surface area (Å²) in [6.07, 6.45) is 0.117. The molecule has 0 bridgehead atoms. The van der Waals surface area contributed by atoms with E-state index in [1.807, 2.05) is 24.3 Å². The summed E-state index contributed by atoms with van der Waals surface area (Å²) in [7, 11) is -1.47. The lowest BCUT2D eigenvalue weighted by Gasteiger charge is -2.46. The maximum absolute atomic E-state index is 12.4. The summed E-state index contributed by atoms with van der Waals surface area (Å²) in [5, 5.41) is 1.57. The average molecular weight is 470 g/mol. The number of rotatable bonds is 9. The van der Waals surface area contributed by atoms with E-state index >= 15 is 0 Å². The van der Waals surface area contributed by atoms with Gasteiger partial charge in [-0.2, -0.15) is 0 Å². The molecule has 0 aromatic heterocycles. The minimum Gasteiger partial charge on any atom is -0.497 e. The first-order chi connectivity index (χ1) is 13.9. The minimum absolute atomic E-state index is 0.0300. The maximum Gasteiger partial charge on any atom is 0.307 e. The van der Waals surface area contributed by atoms with E-state index in [9.17, 15) is 4.79 Å². The molecular weight excluding hydrogens is 426 g/mol. The fourth-order valence-corrected chi connectivity index (χ4v) is 4.10. The van der Waals surface area contributed by atoms with Gasteiger partial charge in [-0.15, -0.1) is 0 Å². The molecule has 1 unspecified atom stereocenters. The number of carbonyl (C=O) groups is 1. The molecule has 1 atom stereocenters. The van der Waals surface area contributed by atoms with Crippen molar-refractivity contribution < 1.29 is 23.3 Å². The molecule has 1 rings (SSSR count). The number of benzene rings is 1. The van der Waals surface area contributed by atoms with Crippen LogP contribution < -0.4 is 4.74 Å². The van der Waals surface area contributed by atoms with Gasteiger partial charge in [0.25, 0.3) is 0 Å². The predicted octanol–water partition coefficient (Wildman–Crippen LogP) is 6.48. The van der Waals surface area contributed by atoms with Crippen LogP contribution in [0.25, 0.3) is 0 Å². The molecule has 0 radical (unpaired) electrons. The van der Waals surface area contributed by atoms with Gasteiger partial charge in [0, 0.05) is 0 Å². The second kappa shape index (κ2) is 10.2. The van der Waals surface area contributed by atoms with Crippen molar-refractivity contribution in [2.45, 2.75) is 90.3 Å². The molecule has 0 aliphatic rings. The van der Waals surface area contributed by atoms with Crippen LogP contribution in [0.5, 0.6) is 5.75 Å². The van der Waals surface area contributed by atoms with Crippen molar-refractivity contribution in [3.05, 3.63) is 29.8 Å². The van der Waals surface area contributed by atoms with Gasteiger partial charge in [0.15, 0.2) is 0 Å². The Kier molecular flexibility index (Phi) is 9.13. The number of hydrogen-bond acceptors (Lipinski definition) is 6. The molecular formula is C23H43NO5Si2. The SMILES string of the molecule is COC(=O)CC(c1ccc(OC)cc1)N(O[Si](C)(C)C(C)(C)C)O[Si](C)(C)C(C)(C)C. The highest BCUT2D eigenvalue weighted by atomic mass is 28.4. The number of ether oxygens (including phenoxy) is 2. The molecule has 0 aliphatic heterocycles. The molecule has 0 fully saturated rings. The lowest BCUT2D eigenvalue weighted by atomic mass is 10.0. The number of nitrogens with zero attached hydrogens (tertiary/aromatic N) is 1. The Morgan fingerprint density at radius 1 is 0.871 bits per heavy atom. The average Bonchev–Trinajstić information content (AvgIpc) is 2.63. The van der Waals surface area contributed by atoms with Crippen molar-refractivity contribution in [3.63, 3.8) is 0 Å². The molecule has 0 aliphatic carbocycles. The molecule has 0 amide bonds. The normalized spacial score (nSPS) is 14.5. The van der Waals surface area contributed by atoms with Gasteiger partial charge < -0.3 is 18.5 Å². The Morgan fingerprint density at radius 3 is 1.61 bits per heavy atom. The lowest BCUT2D eigenvalue weighted by molar-refractivity contribution is -0.304. The van der Waals surface area contributed by atoms with Crippen molar-refractivity contribution >= 4 is 22.6 Å². The fraction of sp³-hybridized carbons (Fsp3) is 0.696. The van der Waals surface area contributed by atoms with E-state index in [1.54, 1.807) is 12.3 Å². The van der Waals surface area contributed by atoms with Gasteiger partial charge in [0.2, 0.25) is 16.6 Å². The van der Waals surface area contributed by atoms with E-state index < -0.39 is 22.7 Å². The third-order valence-corrected chi connectivity index (χ3v) is 15.1. The van der Waals surface area contributed by atoms with Gasteiger partial charge >= 0.3 is 5.97 Å². The van der Waals surface area contributed by atoms with Crippen LogP contribution in [0.2, 0.25) is 36.3 Å². The van der Waals surface area contributed by atoms with Gasteiger partial charge in [0.1, 0.15) is 5.75 Å². The zero-order chi connectivity index (χ0) is 24.3. The van der Waals surface area contributed by atoms with Crippen molar-refractivity contribution in [3.8, 4) is 5.75 Å². The fourth-order valence-electron chi connectivity index (χ4n) is 2.25. The third kappa shape index (κ3) is 7.42. The molecule has 6 nitrogen and oxygen atoms in total. The molecule has 1 aromatic rings. The van der Waals surface area contributed by atoms with E-state index in [4.69, 9.17) is 18.5 Å². The van der Waals surface area contributed by atoms with Crippen molar-refractivity contribution in [1.82, 2.24) is 5.23 Å². The van der Waals surface area contributed by atoms with Crippen LogP contribution in [0.15, 0.2) is 24.3 Å². The van der Waals surface area contributed by atoms with Crippen molar-refractivity contribution in [1.29, 1.82) is 0 Å². The standard InChI is InChI=1S/C23H43NO5Si2/c1-22(2,3)30(9,10)28-24(29-31(11,12)23(4,5)6)20(17-21(25)27-8)18-13-15-19(26-7)16-14-18/h13-16,20H,17H2,1-12H3. The third-order valence-electron chi connectivity index (χ3n) is 6.59. The van der Waals surface area contributed by atoms with E-state index in [0.717, 1.165) is 11.3 Å². The zero-order valence-electron chi connectivity index (χ0n) is 21.6. The number of carbonyl (C=O) groups excluding carboxylic acids is 1. The first-order valence-electron chi connectivity index (χ1n) is 10.8. The first-order valence-corrected chi connectivity index (χ1v) is 16.6. The monoisotopic (exact) mass is 469 g/mol. The van der Waals surface area contributed by atoms with Crippen LogP contribution in [0, 0.1) is 0 Å². The molecule has 1 aromatic carbocycles. The van der Waals surface area contributed by atoms with Crippen LogP contribution in [-0.2, 0) is 18.6 Å². The highest BCUT2D eigenvalue weighted by Gasteiger charge is 2.46. The predicted molar refractivity (Wildman–Crippen MR) is 131 cm³/mol. The van der Waals surface area contributed by atoms with E-state index in [1.165, 1.54) is 7.11 Å². The Balaban J connectivity index is 3.52. The lowest BCUT2D eigenvalue weighted by Crippen LogP contribution is -2.53. The quantitative estimate of drug-likeness (QED) is 0.234. The summed E-state index contributed by atoms with van der Waals surface area (Å²) in [6, 6.07) is 7.22. The van der Waals surface area contributed by atoms with Crippen LogP contribution in [0.4, 0.5) is 0 Å². The van der Waals surface area contributed by atoms with Crippen LogP contribution in [0.1, 0.15) is 59.6 Å². The molecule has 31 heavy (non-hydrogen) atoms. The number of hydroxylamine groups is 2. The first kappa shape index (κ1) is 27.8. The van der Waals surface area contributed by atoms with Gasteiger partial charge in [-0.25, -0.2) is 0 Å². The second-order valence-electron chi connectivity index (χ2n) is 11.1. The van der Waals surface area contributed by atoms with Crippen molar-refractivity contribution in [2.24, 2.45) is 0 Å². The summed E-state index contributed by atoms with van der Waals surface area (Å²) in [5.74, 6) is 0.436. The molecule has 0 N–H and O–H groups in total. The van der Waals surface area contributed by atoms with E-state index in [2.05, 4.69) is 67.7 Å².